The number of rotatable bonds is 4. The van der Waals surface area contributed by atoms with Crippen LogP contribution in [-0.4, -0.2) is 32.7 Å². The van der Waals surface area contributed by atoms with Gasteiger partial charge in [0, 0.05) is 24.7 Å². The van der Waals surface area contributed by atoms with E-state index in [1.165, 1.54) is 0 Å². The van der Waals surface area contributed by atoms with E-state index >= 15 is 0 Å². The molecule has 1 N–H and O–H groups in total. The molecule has 0 aliphatic carbocycles. The molecule has 1 aliphatic heterocycles. The summed E-state index contributed by atoms with van der Waals surface area (Å²) in [5, 5.41) is 0.650. The van der Waals surface area contributed by atoms with E-state index < -0.39 is 10.0 Å². The van der Waals surface area contributed by atoms with Crippen molar-refractivity contribution in [1.29, 1.82) is 0 Å². The van der Waals surface area contributed by atoms with Gasteiger partial charge in [-0.15, -0.1) is 0 Å². The van der Waals surface area contributed by atoms with Gasteiger partial charge in [0.05, 0.1) is 16.5 Å². The Kier molecular flexibility index (Phi) is 3.93. The number of ether oxygens (including phenoxy) is 1. The van der Waals surface area contributed by atoms with E-state index in [1.807, 2.05) is 6.92 Å². The van der Waals surface area contributed by atoms with Gasteiger partial charge in [-0.3, -0.25) is 4.98 Å². The molecule has 0 saturated carbocycles. The molecule has 2 heterocycles. The standard InChI is InChI=1S/C15H18N2O3S/c1-11-6-7-14(13-5-2-8-16-15(11)13)21(18,19)17-10-12-4-3-9-20-12/h2,5-8,12,17H,3-4,9-10H2,1H3/t12-/m0/s1. The van der Waals surface area contributed by atoms with E-state index in [9.17, 15) is 8.42 Å². The molecular formula is C15H18N2O3S. The van der Waals surface area contributed by atoms with Crippen LogP contribution in [0.4, 0.5) is 0 Å². The highest BCUT2D eigenvalue weighted by atomic mass is 32.2. The summed E-state index contributed by atoms with van der Waals surface area (Å²) in [5.41, 5.74) is 1.68. The monoisotopic (exact) mass is 306 g/mol. The van der Waals surface area contributed by atoms with Crippen LogP contribution in [-0.2, 0) is 14.8 Å². The molecule has 0 amide bonds. The summed E-state index contributed by atoms with van der Waals surface area (Å²) in [6.07, 6.45) is 3.54. The molecule has 2 aromatic rings. The zero-order valence-corrected chi connectivity index (χ0v) is 12.7. The highest BCUT2D eigenvalue weighted by molar-refractivity contribution is 7.89. The molecule has 3 rings (SSSR count). The SMILES string of the molecule is Cc1ccc(S(=O)(=O)NC[C@@H]2CCCO2)c2cccnc12. The summed E-state index contributed by atoms with van der Waals surface area (Å²) in [7, 11) is -3.56. The summed E-state index contributed by atoms with van der Waals surface area (Å²) in [6, 6.07) is 6.96. The Morgan fingerprint density at radius 1 is 1.38 bits per heavy atom. The lowest BCUT2D eigenvalue weighted by Crippen LogP contribution is -2.32. The molecule has 0 unspecified atom stereocenters. The van der Waals surface area contributed by atoms with Gasteiger partial charge in [0.15, 0.2) is 0 Å². The van der Waals surface area contributed by atoms with Crippen molar-refractivity contribution in [3.05, 3.63) is 36.0 Å². The third kappa shape index (κ3) is 2.92. The van der Waals surface area contributed by atoms with Crippen LogP contribution < -0.4 is 4.72 Å². The average Bonchev–Trinajstić information content (AvgIpc) is 2.99. The molecule has 112 valence electrons. The van der Waals surface area contributed by atoms with Crippen LogP contribution in [0.25, 0.3) is 10.9 Å². The van der Waals surface area contributed by atoms with Crippen molar-refractivity contribution in [2.75, 3.05) is 13.2 Å². The van der Waals surface area contributed by atoms with E-state index in [0.29, 0.717) is 18.5 Å². The normalized spacial score (nSPS) is 19.2. The van der Waals surface area contributed by atoms with Crippen molar-refractivity contribution >= 4 is 20.9 Å². The molecule has 1 saturated heterocycles. The van der Waals surface area contributed by atoms with Gasteiger partial charge in [-0.25, -0.2) is 13.1 Å². The molecule has 1 aromatic heterocycles. The molecule has 1 aromatic carbocycles. The van der Waals surface area contributed by atoms with Gasteiger partial charge in [-0.1, -0.05) is 6.07 Å². The number of pyridine rings is 1. The van der Waals surface area contributed by atoms with Crippen molar-refractivity contribution in [1.82, 2.24) is 9.71 Å². The fraction of sp³-hybridized carbons (Fsp3) is 0.400. The Bertz CT molecular complexity index is 753. The average molecular weight is 306 g/mol. The predicted octanol–water partition coefficient (Wildman–Crippen LogP) is 2.00. The van der Waals surface area contributed by atoms with E-state index in [0.717, 1.165) is 23.9 Å². The Hall–Kier alpha value is -1.50. The van der Waals surface area contributed by atoms with E-state index in [2.05, 4.69) is 9.71 Å². The van der Waals surface area contributed by atoms with Crippen molar-refractivity contribution < 1.29 is 13.2 Å². The number of fused-ring (bicyclic) bond motifs is 1. The summed E-state index contributed by atoms with van der Waals surface area (Å²) >= 11 is 0. The highest BCUT2D eigenvalue weighted by Crippen LogP contribution is 2.24. The lowest BCUT2D eigenvalue weighted by atomic mass is 10.1. The summed E-state index contributed by atoms with van der Waals surface area (Å²) in [6.45, 7) is 2.95. The molecular weight excluding hydrogens is 288 g/mol. The maximum atomic E-state index is 12.5. The number of hydrogen-bond acceptors (Lipinski definition) is 4. The quantitative estimate of drug-likeness (QED) is 0.938. The molecule has 21 heavy (non-hydrogen) atoms. The van der Waals surface area contributed by atoms with Crippen LogP contribution in [0.5, 0.6) is 0 Å². The van der Waals surface area contributed by atoms with Crippen LogP contribution >= 0.6 is 0 Å². The maximum Gasteiger partial charge on any atom is 0.241 e. The minimum absolute atomic E-state index is 0.0189. The van der Waals surface area contributed by atoms with Crippen molar-refractivity contribution in [3.63, 3.8) is 0 Å². The summed E-state index contributed by atoms with van der Waals surface area (Å²) in [5.74, 6) is 0. The summed E-state index contributed by atoms with van der Waals surface area (Å²) < 4.78 is 33.1. The lowest BCUT2D eigenvalue weighted by Gasteiger charge is -2.13. The molecule has 0 radical (unpaired) electrons. The Balaban J connectivity index is 1.93. The lowest BCUT2D eigenvalue weighted by molar-refractivity contribution is 0.114. The predicted molar refractivity (Wildman–Crippen MR) is 80.6 cm³/mol. The fourth-order valence-electron chi connectivity index (χ4n) is 2.61. The van der Waals surface area contributed by atoms with Crippen LogP contribution in [0, 0.1) is 6.92 Å². The molecule has 0 spiro atoms. The second-order valence-corrected chi connectivity index (χ2v) is 7.00. The number of aryl methyl sites for hydroxylation is 1. The molecule has 6 heteroatoms. The van der Waals surface area contributed by atoms with Crippen molar-refractivity contribution in [3.8, 4) is 0 Å². The molecule has 1 atom stereocenters. The van der Waals surface area contributed by atoms with E-state index in [4.69, 9.17) is 4.74 Å². The van der Waals surface area contributed by atoms with Gasteiger partial charge >= 0.3 is 0 Å². The second kappa shape index (κ2) is 5.71. The van der Waals surface area contributed by atoms with Crippen molar-refractivity contribution in [2.45, 2.75) is 30.8 Å². The zero-order chi connectivity index (χ0) is 14.9. The van der Waals surface area contributed by atoms with E-state index in [1.54, 1.807) is 30.5 Å². The van der Waals surface area contributed by atoms with Crippen molar-refractivity contribution in [2.24, 2.45) is 0 Å². The first-order valence-electron chi connectivity index (χ1n) is 7.03. The first kappa shape index (κ1) is 14.4. The number of hydrogen-bond donors (Lipinski definition) is 1. The number of sulfonamides is 1. The molecule has 1 fully saturated rings. The number of aromatic nitrogens is 1. The van der Waals surface area contributed by atoms with Crippen LogP contribution in [0.15, 0.2) is 35.4 Å². The largest absolute Gasteiger partial charge is 0.377 e. The van der Waals surface area contributed by atoms with Gasteiger partial charge in [0.25, 0.3) is 0 Å². The third-order valence-electron chi connectivity index (χ3n) is 3.75. The summed E-state index contributed by atoms with van der Waals surface area (Å²) in [4.78, 5) is 4.55. The molecule has 0 bridgehead atoms. The van der Waals surface area contributed by atoms with Crippen LogP contribution in [0.2, 0.25) is 0 Å². The first-order chi connectivity index (χ1) is 10.1. The smallest absolute Gasteiger partial charge is 0.241 e. The third-order valence-corrected chi connectivity index (χ3v) is 5.23. The van der Waals surface area contributed by atoms with Gasteiger partial charge in [0.2, 0.25) is 10.0 Å². The minimum Gasteiger partial charge on any atom is -0.377 e. The van der Waals surface area contributed by atoms with E-state index in [-0.39, 0.29) is 11.0 Å². The second-order valence-electron chi connectivity index (χ2n) is 5.27. The number of benzene rings is 1. The topological polar surface area (TPSA) is 68.3 Å². The van der Waals surface area contributed by atoms with Gasteiger partial charge in [-0.2, -0.15) is 0 Å². The number of nitrogens with zero attached hydrogens (tertiary/aromatic N) is 1. The van der Waals surface area contributed by atoms with Gasteiger partial charge < -0.3 is 4.74 Å². The zero-order valence-electron chi connectivity index (χ0n) is 11.9. The van der Waals surface area contributed by atoms with Crippen LogP contribution in [0.1, 0.15) is 18.4 Å². The van der Waals surface area contributed by atoms with Gasteiger partial charge in [-0.05, 0) is 43.5 Å². The number of nitrogens with one attached hydrogen (secondary N) is 1. The fourth-order valence-corrected chi connectivity index (χ4v) is 3.87. The minimum atomic E-state index is -3.56. The molecule has 1 aliphatic rings. The van der Waals surface area contributed by atoms with Gasteiger partial charge in [0.1, 0.15) is 0 Å². The Labute approximate surface area is 124 Å². The Morgan fingerprint density at radius 3 is 3.00 bits per heavy atom. The van der Waals surface area contributed by atoms with Crippen LogP contribution in [0.3, 0.4) is 0 Å². The highest BCUT2D eigenvalue weighted by Gasteiger charge is 2.22. The molecule has 5 nitrogen and oxygen atoms in total. The maximum absolute atomic E-state index is 12.5. The Morgan fingerprint density at radius 2 is 2.24 bits per heavy atom. The first-order valence-corrected chi connectivity index (χ1v) is 8.52.